The highest BCUT2D eigenvalue weighted by atomic mass is 16.5. The maximum Gasteiger partial charge on any atom is 0.407 e. The molecule has 2 N–H and O–H groups in total. The summed E-state index contributed by atoms with van der Waals surface area (Å²) in [6.07, 6.45) is 4.91. The van der Waals surface area contributed by atoms with Crippen LogP contribution in [0.4, 0.5) is 4.79 Å². The molecule has 0 aliphatic carbocycles. The van der Waals surface area contributed by atoms with Crippen molar-refractivity contribution in [3.05, 3.63) is 0 Å². The number of carboxylic acid groups (broad SMARTS) is 1. The molecule has 3 fully saturated rings. The highest BCUT2D eigenvalue weighted by Crippen LogP contribution is 2.43. The summed E-state index contributed by atoms with van der Waals surface area (Å²) in [5.74, 6) is 1.24. The Labute approximate surface area is 114 Å². The minimum absolute atomic E-state index is 0.258. The number of ether oxygens (including phenoxy) is 1. The number of hydrogen-bond donors (Lipinski definition) is 2. The molecule has 1 unspecified atom stereocenters. The van der Waals surface area contributed by atoms with Gasteiger partial charge in [-0.25, -0.2) is 4.79 Å². The van der Waals surface area contributed by atoms with E-state index in [4.69, 9.17) is 4.74 Å². The number of rotatable bonds is 2. The van der Waals surface area contributed by atoms with E-state index in [1.807, 2.05) is 0 Å². The topological polar surface area (TPSA) is 61.8 Å². The first kappa shape index (κ1) is 13.2. The van der Waals surface area contributed by atoms with Crippen LogP contribution in [0.2, 0.25) is 0 Å². The van der Waals surface area contributed by atoms with E-state index in [-0.39, 0.29) is 12.1 Å². The van der Waals surface area contributed by atoms with Crippen LogP contribution in [0.1, 0.15) is 32.1 Å². The summed E-state index contributed by atoms with van der Waals surface area (Å²) < 4.78 is 5.63. The number of methoxy groups -OCH3 is 1. The Bertz CT molecular complexity index is 336. The van der Waals surface area contributed by atoms with Crippen LogP contribution in [0.5, 0.6) is 0 Å². The Morgan fingerprint density at radius 1 is 1.26 bits per heavy atom. The average Bonchev–Trinajstić information content (AvgIpc) is 2.70. The van der Waals surface area contributed by atoms with Gasteiger partial charge in [0.05, 0.1) is 6.10 Å². The number of nitrogens with one attached hydrogen (secondary N) is 1. The fraction of sp³-hybridized carbons (Fsp3) is 0.929. The smallest absolute Gasteiger partial charge is 0.407 e. The van der Waals surface area contributed by atoms with Crippen LogP contribution < -0.4 is 5.32 Å². The molecule has 108 valence electrons. The third-order valence-electron chi connectivity index (χ3n) is 5.38. The highest BCUT2D eigenvalue weighted by molar-refractivity contribution is 5.66. The van der Waals surface area contributed by atoms with Crippen molar-refractivity contribution in [3.63, 3.8) is 0 Å². The molecule has 0 radical (unpaired) electrons. The van der Waals surface area contributed by atoms with Gasteiger partial charge in [-0.3, -0.25) is 0 Å². The van der Waals surface area contributed by atoms with Crippen LogP contribution in [0, 0.1) is 11.8 Å². The Balaban J connectivity index is 1.70. The number of fused-ring (bicyclic) bond motifs is 2. The largest absolute Gasteiger partial charge is 0.465 e. The average molecular weight is 268 g/mol. The maximum absolute atomic E-state index is 11.3. The number of amides is 1. The first-order chi connectivity index (χ1) is 9.20. The Morgan fingerprint density at radius 3 is 2.53 bits per heavy atom. The van der Waals surface area contributed by atoms with E-state index in [0.717, 1.165) is 45.2 Å². The summed E-state index contributed by atoms with van der Waals surface area (Å²) in [6.45, 7) is 2.01. The lowest BCUT2D eigenvalue weighted by atomic mass is 9.75. The molecule has 2 bridgehead atoms. The van der Waals surface area contributed by atoms with Crippen LogP contribution in [-0.4, -0.2) is 54.5 Å². The Morgan fingerprint density at radius 2 is 1.95 bits per heavy atom. The third-order valence-corrected chi connectivity index (χ3v) is 5.38. The van der Waals surface area contributed by atoms with E-state index < -0.39 is 6.09 Å². The molecule has 0 aromatic rings. The van der Waals surface area contributed by atoms with E-state index in [1.165, 1.54) is 0 Å². The number of hydrogen-bond acceptors (Lipinski definition) is 3. The first-order valence-electron chi connectivity index (χ1n) is 7.45. The third kappa shape index (κ3) is 2.34. The van der Waals surface area contributed by atoms with Gasteiger partial charge in [0.25, 0.3) is 0 Å². The summed E-state index contributed by atoms with van der Waals surface area (Å²) in [4.78, 5) is 13.0. The maximum atomic E-state index is 11.3. The first-order valence-corrected chi connectivity index (χ1v) is 7.45. The van der Waals surface area contributed by atoms with Gasteiger partial charge in [0.2, 0.25) is 0 Å². The highest BCUT2D eigenvalue weighted by Gasteiger charge is 2.46. The molecule has 5 atom stereocenters. The van der Waals surface area contributed by atoms with E-state index in [2.05, 4.69) is 5.32 Å². The lowest BCUT2D eigenvalue weighted by Gasteiger charge is -2.43. The van der Waals surface area contributed by atoms with Crippen LogP contribution in [-0.2, 0) is 4.74 Å². The van der Waals surface area contributed by atoms with Crippen molar-refractivity contribution in [2.75, 3.05) is 20.2 Å². The fourth-order valence-corrected chi connectivity index (χ4v) is 4.53. The molecule has 0 aromatic heterocycles. The zero-order valence-electron chi connectivity index (χ0n) is 11.5. The quantitative estimate of drug-likeness (QED) is 0.797. The van der Waals surface area contributed by atoms with Gasteiger partial charge in [-0.1, -0.05) is 0 Å². The molecule has 19 heavy (non-hydrogen) atoms. The van der Waals surface area contributed by atoms with E-state index >= 15 is 0 Å². The normalized spacial score (nSPS) is 42.4. The molecule has 3 rings (SSSR count). The second-order valence-corrected chi connectivity index (χ2v) is 6.24. The SMILES string of the molecule is CO[C@@H]1CNCC[C@@H]1C1C[C@H]2CC[C@@H](C1)N2C(=O)O. The molecule has 3 aliphatic heterocycles. The van der Waals surface area contributed by atoms with Crippen LogP contribution >= 0.6 is 0 Å². The van der Waals surface area contributed by atoms with Gasteiger partial charge in [-0.05, 0) is 50.5 Å². The summed E-state index contributed by atoms with van der Waals surface area (Å²) >= 11 is 0. The van der Waals surface area contributed by atoms with Gasteiger partial charge >= 0.3 is 6.09 Å². The molecule has 5 heteroatoms. The van der Waals surface area contributed by atoms with Gasteiger partial charge < -0.3 is 20.1 Å². The molecule has 0 saturated carbocycles. The van der Waals surface area contributed by atoms with Crippen molar-refractivity contribution >= 4 is 6.09 Å². The Hall–Kier alpha value is -0.810. The van der Waals surface area contributed by atoms with E-state index in [0.29, 0.717) is 17.9 Å². The van der Waals surface area contributed by atoms with Crippen molar-refractivity contribution in [3.8, 4) is 0 Å². The van der Waals surface area contributed by atoms with Crippen LogP contribution in [0.3, 0.4) is 0 Å². The summed E-state index contributed by atoms with van der Waals surface area (Å²) in [5.41, 5.74) is 0. The second-order valence-electron chi connectivity index (χ2n) is 6.24. The van der Waals surface area contributed by atoms with Crippen LogP contribution in [0.15, 0.2) is 0 Å². The summed E-state index contributed by atoms with van der Waals surface area (Å²) in [7, 11) is 1.80. The van der Waals surface area contributed by atoms with Gasteiger partial charge in [0.1, 0.15) is 0 Å². The molecule has 3 aliphatic rings. The van der Waals surface area contributed by atoms with Crippen LogP contribution in [0.25, 0.3) is 0 Å². The number of nitrogens with zero attached hydrogens (tertiary/aromatic N) is 1. The second kappa shape index (κ2) is 5.29. The monoisotopic (exact) mass is 268 g/mol. The van der Waals surface area contributed by atoms with Crippen molar-refractivity contribution in [1.29, 1.82) is 0 Å². The van der Waals surface area contributed by atoms with E-state index in [9.17, 15) is 9.90 Å². The zero-order valence-corrected chi connectivity index (χ0v) is 11.5. The van der Waals surface area contributed by atoms with Gasteiger partial charge in [0, 0.05) is 25.7 Å². The lowest BCUT2D eigenvalue weighted by Crippen LogP contribution is -2.51. The molecule has 0 aromatic carbocycles. The van der Waals surface area contributed by atoms with Gasteiger partial charge in [-0.15, -0.1) is 0 Å². The molecular formula is C14H24N2O3. The minimum Gasteiger partial charge on any atom is -0.465 e. The standard InChI is InChI=1S/C14H24N2O3/c1-19-13-8-15-5-4-12(13)9-6-10-2-3-11(7-9)16(10)14(17)18/h9-13,15H,2-8H2,1H3,(H,17,18)/t9?,10-,11+,12-,13-/m1/s1. The predicted molar refractivity (Wildman–Crippen MR) is 71.2 cm³/mol. The minimum atomic E-state index is -0.723. The van der Waals surface area contributed by atoms with Crippen molar-refractivity contribution in [2.24, 2.45) is 11.8 Å². The van der Waals surface area contributed by atoms with Crippen molar-refractivity contribution in [1.82, 2.24) is 10.2 Å². The molecule has 3 heterocycles. The molecule has 0 spiro atoms. The summed E-state index contributed by atoms with van der Waals surface area (Å²) in [5, 5.41) is 12.7. The Kier molecular flexibility index (Phi) is 3.67. The van der Waals surface area contributed by atoms with E-state index in [1.54, 1.807) is 12.0 Å². The molecular weight excluding hydrogens is 244 g/mol. The molecule has 3 saturated heterocycles. The van der Waals surface area contributed by atoms with Gasteiger partial charge in [-0.2, -0.15) is 0 Å². The lowest BCUT2D eigenvalue weighted by molar-refractivity contribution is -0.0168. The van der Waals surface area contributed by atoms with Crippen molar-refractivity contribution < 1.29 is 14.6 Å². The summed E-state index contributed by atoms with van der Waals surface area (Å²) in [6, 6.07) is 0.516. The molecule has 5 nitrogen and oxygen atoms in total. The fourth-order valence-electron chi connectivity index (χ4n) is 4.53. The predicted octanol–water partition coefficient (Wildman–Crippen LogP) is 1.53. The number of carbonyl (C=O) groups is 1. The number of piperidine rings is 2. The van der Waals surface area contributed by atoms with Crippen molar-refractivity contribution in [2.45, 2.75) is 50.3 Å². The zero-order chi connectivity index (χ0) is 13.4. The molecule has 1 amide bonds. The van der Waals surface area contributed by atoms with Gasteiger partial charge in [0.15, 0.2) is 0 Å².